The maximum absolute atomic E-state index is 14.5. The summed E-state index contributed by atoms with van der Waals surface area (Å²) in [4.78, 5) is 28.9. The lowest BCUT2D eigenvalue weighted by Gasteiger charge is -2.29. The van der Waals surface area contributed by atoms with Gasteiger partial charge in [-0.25, -0.2) is 4.39 Å². The number of aromatic nitrogens is 1. The number of thiazole rings is 1. The summed E-state index contributed by atoms with van der Waals surface area (Å²) >= 11 is 1.19. The molecule has 1 fully saturated rings. The Hall–Kier alpha value is -2.25. The number of benzene rings is 1. The number of H-pyrrole nitrogens is 1. The van der Waals surface area contributed by atoms with Crippen molar-refractivity contribution in [1.82, 2.24) is 4.98 Å². The van der Waals surface area contributed by atoms with Crippen molar-refractivity contribution in [3.05, 3.63) is 49.1 Å². The SMILES string of the molecule is CC(C)(C)C(=O)/C=c1/[nH]c(=O)/c(=C/c2ccc(N3CCOCC3)c(F)c2)s1. The molecule has 0 unspecified atom stereocenters. The Morgan fingerprint density at radius 3 is 2.63 bits per heavy atom. The largest absolute Gasteiger partial charge is 0.378 e. The van der Waals surface area contributed by atoms with E-state index in [4.69, 9.17) is 4.74 Å². The van der Waals surface area contributed by atoms with Crippen LogP contribution in [0.15, 0.2) is 23.0 Å². The van der Waals surface area contributed by atoms with Crippen molar-refractivity contribution in [2.24, 2.45) is 5.41 Å². The van der Waals surface area contributed by atoms with Gasteiger partial charge in [-0.2, -0.15) is 0 Å². The van der Waals surface area contributed by atoms with Crippen LogP contribution < -0.4 is 19.7 Å². The minimum atomic E-state index is -0.511. The normalized spacial score (nSPS) is 16.8. The summed E-state index contributed by atoms with van der Waals surface area (Å²) in [5.74, 6) is -0.388. The second-order valence-electron chi connectivity index (χ2n) is 7.50. The number of nitrogens with zero attached hydrogens (tertiary/aromatic N) is 1. The third kappa shape index (κ3) is 4.73. The number of carbonyl (C=O) groups is 1. The zero-order valence-electron chi connectivity index (χ0n) is 15.7. The number of ether oxygens (including phenoxy) is 1. The summed E-state index contributed by atoms with van der Waals surface area (Å²) in [6.07, 6.45) is 3.08. The first kappa shape index (κ1) is 19.5. The van der Waals surface area contributed by atoms with Crippen LogP contribution in [0.3, 0.4) is 0 Å². The second kappa shape index (κ2) is 7.78. The summed E-state index contributed by atoms with van der Waals surface area (Å²) in [5, 5.41) is 0. The minimum Gasteiger partial charge on any atom is -0.378 e. The summed E-state index contributed by atoms with van der Waals surface area (Å²) in [5.41, 5.74) is 0.347. The van der Waals surface area contributed by atoms with E-state index >= 15 is 0 Å². The molecule has 3 rings (SSSR count). The summed E-state index contributed by atoms with van der Waals surface area (Å²) in [6.45, 7) is 7.96. The molecule has 1 aromatic carbocycles. The maximum atomic E-state index is 14.5. The van der Waals surface area contributed by atoms with Gasteiger partial charge in [-0.15, -0.1) is 11.3 Å². The minimum absolute atomic E-state index is 0.0625. The molecule has 1 saturated heterocycles. The van der Waals surface area contributed by atoms with E-state index in [9.17, 15) is 14.0 Å². The number of anilines is 1. The predicted molar refractivity (Wildman–Crippen MR) is 106 cm³/mol. The molecule has 27 heavy (non-hydrogen) atoms. The molecule has 0 saturated carbocycles. The molecule has 0 spiro atoms. The van der Waals surface area contributed by atoms with Crippen molar-refractivity contribution in [3.8, 4) is 0 Å². The fourth-order valence-electron chi connectivity index (χ4n) is 2.68. The number of carbonyl (C=O) groups excluding carboxylic acids is 1. The van der Waals surface area contributed by atoms with E-state index < -0.39 is 5.41 Å². The van der Waals surface area contributed by atoms with Crippen molar-refractivity contribution in [3.63, 3.8) is 0 Å². The number of ketones is 1. The molecule has 0 radical (unpaired) electrons. The van der Waals surface area contributed by atoms with Crippen LogP contribution >= 0.6 is 11.3 Å². The van der Waals surface area contributed by atoms with Gasteiger partial charge >= 0.3 is 0 Å². The van der Waals surface area contributed by atoms with Gasteiger partial charge in [0.2, 0.25) is 0 Å². The summed E-state index contributed by atoms with van der Waals surface area (Å²) in [6, 6.07) is 4.94. The third-order valence-corrected chi connectivity index (χ3v) is 5.27. The number of aromatic amines is 1. The van der Waals surface area contributed by atoms with Crippen molar-refractivity contribution < 1.29 is 13.9 Å². The first-order chi connectivity index (χ1) is 12.7. The Morgan fingerprint density at radius 2 is 2.00 bits per heavy atom. The zero-order chi connectivity index (χ0) is 19.6. The highest BCUT2D eigenvalue weighted by atomic mass is 32.1. The van der Waals surface area contributed by atoms with Gasteiger partial charge in [-0.1, -0.05) is 26.8 Å². The van der Waals surface area contributed by atoms with Gasteiger partial charge in [0, 0.05) is 24.6 Å². The predicted octanol–water partition coefficient (Wildman–Crippen LogP) is 1.64. The van der Waals surface area contributed by atoms with Gasteiger partial charge in [0.15, 0.2) is 5.78 Å². The van der Waals surface area contributed by atoms with Crippen molar-refractivity contribution in [2.75, 3.05) is 31.2 Å². The number of halogens is 1. The first-order valence-electron chi connectivity index (χ1n) is 8.83. The van der Waals surface area contributed by atoms with E-state index in [1.54, 1.807) is 18.2 Å². The highest BCUT2D eigenvalue weighted by Crippen LogP contribution is 2.21. The monoisotopic (exact) mass is 390 g/mol. The molecule has 0 aliphatic carbocycles. The Morgan fingerprint density at radius 1 is 1.30 bits per heavy atom. The molecule has 2 heterocycles. The second-order valence-corrected chi connectivity index (χ2v) is 8.58. The zero-order valence-corrected chi connectivity index (χ0v) is 16.5. The van der Waals surface area contributed by atoms with E-state index in [1.807, 2.05) is 25.7 Å². The smallest absolute Gasteiger partial charge is 0.266 e. The molecule has 1 aliphatic heterocycles. The number of nitrogens with one attached hydrogen (secondary N) is 1. The Bertz CT molecular complexity index is 1010. The lowest BCUT2D eigenvalue weighted by atomic mass is 9.91. The van der Waals surface area contributed by atoms with Gasteiger partial charge in [0.25, 0.3) is 5.56 Å². The van der Waals surface area contributed by atoms with Crippen LogP contribution in [0.25, 0.3) is 12.2 Å². The fraction of sp³-hybridized carbons (Fsp3) is 0.400. The molecule has 1 aromatic heterocycles. The lowest BCUT2D eigenvalue weighted by molar-refractivity contribution is -0.119. The Kier molecular flexibility index (Phi) is 5.62. The van der Waals surface area contributed by atoms with Crippen LogP contribution in [-0.4, -0.2) is 37.1 Å². The van der Waals surface area contributed by atoms with Crippen LogP contribution in [0.4, 0.5) is 10.1 Å². The molecule has 144 valence electrons. The number of hydrogen-bond acceptors (Lipinski definition) is 5. The molecule has 0 amide bonds. The van der Waals surface area contributed by atoms with Gasteiger partial charge in [-0.3, -0.25) is 9.59 Å². The third-order valence-electron chi connectivity index (χ3n) is 4.30. The molecule has 2 aromatic rings. The van der Waals surface area contributed by atoms with Gasteiger partial charge in [0.05, 0.1) is 28.1 Å². The molecule has 1 N–H and O–H groups in total. The molecule has 7 heteroatoms. The van der Waals surface area contributed by atoms with Crippen molar-refractivity contribution in [1.29, 1.82) is 0 Å². The van der Waals surface area contributed by atoms with Crippen LogP contribution in [0.5, 0.6) is 0 Å². The van der Waals surface area contributed by atoms with E-state index in [2.05, 4.69) is 4.98 Å². The average molecular weight is 390 g/mol. The van der Waals surface area contributed by atoms with Crippen LogP contribution in [-0.2, 0) is 9.53 Å². The highest BCUT2D eigenvalue weighted by Gasteiger charge is 2.19. The van der Waals surface area contributed by atoms with Gasteiger partial charge in [-0.05, 0) is 23.8 Å². The van der Waals surface area contributed by atoms with E-state index in [-0.39, 0.29) is 17.2 Å². The van der Waals surface area contributed by atoms with Crippen molar-refractivity contribution >= 4 is 35.0 Å². The van der Waals surface area contributed by atoms with E-state index in [1.165, 1.54) is 23.5 Å². The topological polar surface area (TPSA) is 62.4 Å². The van der Waals surface area contributed by atoms with Gasteiger partial charge < -0.3 is 14.6 Å². The van der Waals surface area contributed by atoms with Gasteiger partial charge in [0.1, 0.15) is 5.82 Å². The average Bonchev–Trinajstić information content (AvgIpc) is 2.94. The Balaban J connectivity index is 1.91. The Labute approximate surface area is 160 Å². The lowest BCUT2D eigenvalue weighted by Crippen LogP contribution is -2.36. The van der Waals surface area contributed by atoms with E-state index in [0.29, 0.717) is 46.7 Å². The summed E-state index contributed by atoms with van der Waals surface area (Å²) in [7, 11) is 0. The number of morpholine rings is 1. The van der Waals surface area contributed by atoms with Crippen molar-refractivity contribution in [2.45, 2.75) is 20.8 Å². The summed E-state index contributed by atoms with van der Waals surface area (Å²) < 4.78 is 20.7. The fourth-order valence-corrected chi connectivity index (χ4v) is 3.57. The maximum Gasteiger partial charge on any atom is 0.266 e. The highest BCUT2D eigenvalue weighted by molar-refractivity contribution is 7.07. The first-order valence-corrected chi connectivity index (χ1v) is 9.65. The molecule has 1 aliphatic rings. The number of hydrogen-bond donors (Lipinski definition) is 1. The number of rotatable bonds is 3. The molecule has 5 nitrogen and oxygen atoms in total. The van der Waals surface area contributed by atoms with Crippen LogP contribution in [0.1, 0.15) is 26.3 Å². The molecular formula is C20H23FN2O3S. The quantitative estimate of drug-likeness (QED) is 0.866. The molecule has 0 atom stereocenters. The van der Waals surface area contributed by atoms with Crippen LogP contribution in [0, 0.1) is 11.2 Å². The standard InChI is InChI=1S/C20H23FN2O3S/c1-20(2,3)17(24)12-18-22-19(25)16(27-18)11-13-4-5-15(14(21)10-13)23-6-8-26-9-7-23/h4-5,10-12H,6-9H2,1-3H3,(H,22,25)/b16-11-,18-12-. The molecular weight excluding hydrogens is 367 g/mol. The van der Waals surface area contributed by atoms with Crippen LogP contribution in [0.2, 0.25) is 0 Å². The number of Topliss-reactive ketones (excluding diaryl/α,β-unsaturated/α-hetero) is 1. The van der Waals surface area contributed by atoms with E-state index in [0.717, 1.165) is 0 Å². The molecule has 0 bridgehead atoms.